The van der Waals surface area contributed by atoms with E-state index in [0.29, 0.717) is 5.75 Å². The van der Waals surface area contributed by atoms with E-state index in [1.165, 1.54) is 0 Å². The lowest BCUT2D eigenvalue weighted by Crippen LogP contribution is -2.32. The fourth-order valence-electron chi connectivity index (χ4n) is 1.29. The van der Waals surface area contributed by atoms with E-state index in [1.54, 1.807) is 12.1 Å². The quantitative estimate of drug-likeness (QED) is 0.687. The van der Waals surface area contributed by atoms with Gasteiger partial charge in [-0.25, -0.2) is 0 Å². The molecule has 0 saturated heterocycles. The van der Waals surface area contributed by atoms with Crippen LogP contribution in [0, 0.1) is 0 Å². The van der Waals surface area contributed by atoms with Gasteiger partial charge in [0.1, 0.15) is 18.5 Å². The van der Waals surface area contributed by atoms with Crippen LogP contribution in [0.4, 0.5) is 13.2 Å². The molecule has 0 amide bonds. The summed E-state index contributed by atoms with van der Waals surface area (Å²) in [7, 11) is 0. The Morgan fingerprint density at radius 3 is 2.55 bits per heavy atom. The van der Waals surface area contributed by atoms with Gasteiger partial charge in [-0.3, -0.25) is 0 Å². The summed E-state index contributed by atoms with van der Waals surface area (Å²) in [4.78, 5) is 0. The number of benzene rings is 1. The maximum absolute atomic E-state index is 11.8. The first kappa shape index (κ1) is 17.6. The molecular formula is C12H15BrF3NO2S. The minimum Gasteiger partial charge on any atom is -0.491 e. The zero-order valence-electron chi connectivity index (χ0n) is 10.5. The number of thioether (sulfide) groups is 1. The van der Waals surface area contributed by atoms with Crippen LogP contribution in [0.5, 0.6) is 5.75 Å². The Kier molecular flexibility index (Phi) is 7.71. The highest BCUT2D eigenvalue weighted by atomic mass is 79.9. The van der Waals surface area contributed by atoms with E-state index >= 15 is 0 Å². The molecule has 0 aliphatic rings. The van der Waals surface area contributed by atoms with Crippen LogP contribution >= 0.6 is 27.7 Å². The zero-order valence-corrected chi connectivity index (χ0v) is 12.9. The van der Waals surface area contributed by atoms with E-state index < -0.39 is 11.6 Å². The summed E-state index contributed by atoms with van der Waals surface area (Å²) in [5.41, 5.74) is -4.20. The third-order valence-corrected chi connectivity index (χ3v) is 3.44. The average molecular weight is 374 g/mol. The number of hydrogen-bond donors (Lipinski definition) is 2. The van der Waals surface area contributed by atoms with Crippen molar-refractivity contribution >= 4 is 27.7 Å². The molecule has 8 heteroatoms. The van der Waals surface area contributed by atoms with Gasteiger partial charge in [-0.2, -0.15) is 13.2 Å². The van der Waals surface area contributed by atoms with Crippen LogP contribution in [0.15, 0.2) is 28.7 Å². The topological polar surface area (TPSA) is 41.5 Å². The van der Waals surface area contributed by atoms with Crippen molar-refractivity contribution in [3.05, 3.63) is 28.7 Å². The minimum absolute atomic E-state index is 0.0796. The van der Waals surface area contributed by atoms with Crippen LogP contribution in [-0.2, 0) is 0 Å². The molecule has 0 aliphatic heterocycles. The molecule has 0 aliphatic carbocycles. The molecule has 1 aromatic rings. The maximum Gasteiger partial charge on any atom is 0.441 e. The highest BCUT2D eigenvalue weighted by Crippen LogP contribution is 2.29. The van der Waals surface area contributed by atoms with Crippen LogP contribution in [0.25, 0.3) is 0 Å². The molecule has 0 saturated carbocycles. The lowest BCUT2D eigenvalue weighted by molar-refractivity contribution is -0.0327. The molecule has 0 spiro atoms. The third kappa shape index (κ3) is 8.68. The van der Waals surface area contributed by atoms with Gasteiger partial charge in [0.2, 0.25) is 0 Å². The fraction of sp³-hybridized carbons (Fsp3) is 0.500. The number of alkyl halides is 3. The van der Waals surface area contributed by atoms with Crippen molar-refractivity contribution in [3.8, 4) is 5.75 Å². The lowest BCUT2D eigenvalue weighted by atomic mass is 10.3. The summed E-state index contributed by atoms with van der Waals surface area (Å²) in [6.45, 7) is 0.454. The Hall–Kier alpha value is -0.440. The molecule has 3 nitrogen and oxygen atoms in total. The minimum atomic E-state index is -4.20. The predicted octanol–water partition coefficient (Wildman–Crippen LogP) is 3.03. The molecule has 0 heterocycles. The van der Waals surface area contributed by atoms with Gasteiger partial charge in [-0.05, 0) is 36.0 Å². The van der Waals surface area contributed by atoms with Crippen LogP contribution in [-0.4, -0.2) is 42.2 Å². The average Bonchev–Trinajstić information content (AvgIpc) is 2.36. The molecule has 1 rings (SSSR count). The molecule has 1 atom stereocenters. The summed E-state index contributed by atoms with van der Waals surface area (Å²) in [6, 6.07) is 7.14. The number of nitrogens with one attached hydrogen (secondary N) is 1. The largest absolute Gasteiger partial charge is 0.491 e. The Bertz CT molecular complexity index is 389. The highest BCUT2D eigenvalue weighted by molar-refractivity contribution is 9.10. The second-order valence-electron chi connectivity index (χ2n) is 3.92. The molecular weight excluding hydrogens is 359 g/mol. The zero-order chi connectivity index (χ0) is 15.0. The van der Waals surface area contributed by atoms with E-state index in [2.05, 4.69) is 21.2 Å². The molecule has 114 valence electrons. The smallest absolute Gasteiger partial charge is 0.441 e. The molecule has 1 aromatic carbocycles. The van der Waals surface area contributed by atoms with Gasteiger partial charge in [0.15, 0.2) is 0 Å². The predicted molar refractivity (Wildman–Crippen MR) is 77.0 cm³/mol. The summed E-state index contributed by atoms with van der Waals surface area (Å²) >= 11 is 3.21. The first-order valence-corrected chi connectivity index (χ1v) is 7.62. The molecule has 1 unspecified atom stereocenters. The summed E-state index contributed by atoms with van der Waals surface area (Å²) < 4.78 is 41.8. The van der Waals surface area contributed by atoms with Gasteiger partial charge < -0.3 is 15.2 Å². The third-order valence-electron chi connectivity index (χ3n) is 2.18. The van der Waals surface area contributed by atoms with E-state index in [1.807, 2.05) is 12.1 Å². The lowest BCUT2D eigenvalue weighted by Gasteiger charge is -2.13. The van der Waals surface area contributed by atoms with E-state index in [4.69, 9.17) is 4.74 Å². The summed E-state index contributed by atoms with van der Waals surface area (Å²) in [6.07, 6.45) is -0.769. The van der Waals surface area contributed by atoms with Crippen molar-refractivity contribution in [2.75, 3.05) is 25.4 Å². The number of halogens is 4. The summed E-state index contributed by atoms with van der Waals surface area (Å²) in [5.74, 6) is 0.545. The van der Waals surface area contributed by atoms with Crippen molar-refractivity contribution in [1.29, 1.82) is 0 Å². The number of aliphatic hydroxyl groups excluding tert-OH is 1. The normalized spacial score (nSPS) is 13.2. The van der Waals surface area contributed by atoms with Gasteiger partial charge >= 0.3 is 5.51 Å². The number of ether oxygens (including phenoxy) is 1. The molecule has 0 radical (unpaired) electrons. The van der Waals surface area contributed by atoms with Crippen molar-refractivity contribution in [2.45, 2.75) is 11.6 Å². The fourth-order valence-corrected chi connectivity index (χ4v) is 2.03. The van der Waals surface area contributed by atoms with Crippen LogP contribution in [0.2, 0.25) is 0 Å². The summed E-state index contributed by atoms with van der Waals surface area (Å²) in [5, 5.41) is 12.3. The van der Waals surface area contributed by atoms with Crippen molar-refractivity contribution in [1.82, 2.24) is 5.32 Å². The van der Waals surface area contributed by atoms with Gasteiger partial charge in [0, 0.05) is 23.3 Å². The molecule has 20 heavy (non-hydrogen) atoms. The SMILES string of the molecule is OC(CNCCSC(F)(F)F)COc1ccc(Br)cc1. The van der Waals surface area contributed by atoms with Crippen molar-refractivity contribution < 1.29 is 23.0 Å². The highest BCUT2D eigenvalue weighted by Gasteiger charge is 2.27. The van der Waals surface area contributed by atoms with E-state index in [9.17, 15) is 18.3 Å². The van der Waals surface area contributed by atoms with Gasteiger partial charge in [0.25, 0.3) is 0 Å². The molecule has 0 bridgehead atoms. The van der Waals surface area contributed by atoms with Gasteiger partial charge in [0.05, 0.1) is 0 Å². The molecule has 2 N–H and O–H groups in total. The Morgan fingerprint density at radius 2 is 1.95 bits per heavy atom. The van der Waals surface area contributed by atoms with Gasteiger partial charge in [-0.15, -0.1) is 0 Å². The van der Waals surface area contributed by atoms with Crippen LogP contribution < -0.4 is 10.1 Å². The first-order chi connectivity index (χ1) is 9.37. The van der Waals surface area contributed by atoms with Crippen molar-refractivity contribution in [3.63, 3.8) is 0 Å². The standard InChI is InChI=1S/C12H15BrF3NO2S/c13-9-1-3-11(4-2-9)19-8-10(18)7-17-5-6-20-12(14,15)16/h1-4,10,17-18H,5-8H2. The Morgan fingerprint density at radius 1 is 1.30 bits per heavy atom. The van der Waals surface area contributed by atoms with E-state index in [0.717, 1.165) is 4.47 Å². The monoisotopic (exact) mass is 373 g/mol. The Balaban J connectivity index is 2.08. The van der Waals surface area contributed by atoms with Crippen LogP contribution in [0.3, 0.4) is 0 Å². The maximum atomic E-state index is 11.8. The van der Waals surface area contributed by atoms with E-state index in [-0.39, 0.29) is 37.2 Å². The first-order valence-electron chi connectivity index (χ1n) is 5.84. The molecule has 0 aromatic heterocycles. The van der Waals surface area contributed by atoms with Crippen LogP contribution in [0.1, 0.15) is 0 Å². The van der Waals surface area contributed by atoms with Gasteiger partial charge in [-0.1, -0.05) is 15.9 Å². The van der Waals surface area contributed by atoms with Crippen molar-refractivity contribution in [2.24, 2.45) is 0 Å². The second-order valence-corrected chi connectivity index (χ2v) is 5.99. The number of rotatable bonds is 8. The Labute approximate surface area is 128 Å². The number of aliphatic hydroxyl groups is 1. The molecule has 0 fully saturated rings. The second kappa shape index (κ2) is 8.76. The number of hydrogen-bond acceptors (Lipinski definition) is 4.